The molecule has 5 aromatic rings. The Labute approximate surface area is 208 Å². The zero-order valence-electron chi connectivity index (χ0n) is 19.3. The number of nitrogens with one attached hydrogen (secondary N) is 2. The molecule has 4 heterocycles. The summed E-state index contributed by atoms with van der Waals surface area (Å²) >= 11 is 6.07. The first-order valence-electron chi connectivity index (χ1n) is 10.9. The Hall–Kier alpha value is -4.31. The molecule has 0 fully saturated rings. The number of aryl methyl sites for hydroxylation is 1. The van der Waals surface area contributed by atoms with Gasteiger partial charge in [-0.05, 0) is 56.7 Å². The SMILES string of the molecule is Cc1cc(C(C)Nc2ccc(Cl)nc2-c2noc(=O)[nH]2)c2oc(-c3cccc(F)n3)c(C)c(=O)c2c1. The van der Waals surface area contributed by atoms with E-state index in [1.165, 1.54) is 12.1 Å². The molecule has 182 valence electrons. The van der Waals surface area contributed by atoms with Gasteiger partial charge in [-0.3, -0.25) is 14.3 Å². The summed E-state index contributed by atoms with van der Waals surface area (Å²) in [5.41, 5.74) is 2.97. The molecule has 0 aliphatic carbocycles. The molecule has 0 aliphatic heterocycles. The summed E-state index contributed by atoms with van der Waals surface area (Å²) in [6, 6.07) is 10.8. The number of aromatic amines is 1. The summed E-state index contributed by atoms with van der Waals surface area (Å²) in [5, 5.41) is 7.62. The highest BCUT2D eigenvalue weighted by Gasteiger charge is 2.21. The Bertz CT molecular complexity index is 1740. The molecule has 5 rings (SSSR count). The molecular weight excluding hydrogens is 489 g/mol. The lowest BCUT2D eigenvalue weighted by molar-refractivity contribution is 0.388. The van der Waals surface area contributed by atoms with Gasteiger partial charge in [-0.1, -0.05) is 28.9 Å². The van der Waals surface area contributed by atoms with Crippen molar-refractivity contribution in [2.75, 3.05) is 5.32 Å². The third kappa shape index (κ3) is 4.27. The van der Waals surface area contributed by atoms with Crippen LogP contribution < -0.4 is 16.5 Å². The molecule has 0 aliphatic rings. The molecule has 0 bridgehead atoms. The van der Waals surface area contributed by atoms with Gasteiger partial charge >= 0.3 is 5.76 Å². The van der Waals surface area contributed by atoms with Gasteiger partial charge in [0.05, 0.1) is 17.1 Å². The summed E-state index contributed by atoms with van der Waals surface area (Å²) in [6.07, 6.45) is 0. The van der Waals surface area contributed by atoms with Gasteiger partial charge in [0.25, 0.3) is 0 Å². The molecule has 0 radical (unpaired) electrons. The van der Waals surface area contributed by atoms with Crippen LogP contribution in [0, 0.1) is 19.8 Å². The van der Waals surface area contributed by atoms with Crippen LogP contribution in [0.25, 0.3) is 33.9 Å². The Kier molecular flexibility index (Phi) is 5.89. The largest absolute Gasteiger partial charge is 0.454 e. The van der Waals surface area contributed by atoms with Crippen molar-refractivity contribution in [1.82, 2.24) is 20.1 Å². The second-order valence-electron chi connectivity index (χ2n) is 8.30. The molecule has 4 aromatic heterocycles. The lowest BCUT2D eigenvalue weighted by atomic mass is 9.99. The predicted molar refractivity (Wildman–Crippen MR) is 133 cm³/mol. The first kappa shape index (κ1) is 23.4. The van der Waals surface area contributed by atoms with Gasteiger partial charge in [0.1, 0.15) is 22.1 Å². The van der Waals surface area contributed by atoms with Crippen LogP contribution in [-0.4, -0.2) is 20.1 Å². The summed E-state index contributed by atoms with van der Waals surface area (Å²) in [6.45, 7) is 5.38. The third-order valence-electron chi connectivity index (χ3n) is 5.70. The van der Waals surface area contributed by atoms with E-state index in [1.54, 1.807) is 31.2 Å². The monoisotopic (exact) mass is 507 g/mol. The Morgan fingerprint density at radius 2 is 1.92 bits per heavy atom. The molecular formula is C25H19ClFN5O4. The predicted octanol–water partition coefficient (Wildman–Crippen LogP) is 5.18. The molecule has 9 nitrogen and oxygen atoms in total. The molecule has 36 heavy (non-hydrogen) atoms. The van der Waals surface area contributed by atoms with Crippen LogP contribution in [0.1, 0.15) is 29.7 Å². The van der Waals surface area contributed by atoms with Crippen molar-refractivity contribution >= 4 is 28.3 Å². The van der Waals surface area contributed by atoms with E-state index in [0.29, 0.717) is 27.8 Å². The lowest BCUT2D eigenvalue weighted by Gasteiger charge is -2.20. The van der Waals surface area contributed by atoms with E-state index in [1.807, 2.05) is 19.9 Å². The number of fused-ring (bicyclic) bond motifs is 1. The van der Waals surface area contributed by atoms with Gasteiger partial charge in [-0.15, -0.1) is 0 Å². The van der Waals surface area contributed by atoms with E-state index < -0.39 is 17.7 Å². The van der Waals surface area contributed by atoms with Crippen LogP contribution in [0.5, 0.6) is 0 Å². The number of hydrogen-bond acceptors (Lipinski definition) is 8. The first-order valence-corrected chi connectivity index (χ1v) is 11.3. The van der Waals surface area contributed by atoms with E-state index in [4.69, 9.17) is 16.0 Å². The number of aromatic nitrogens is 4. The minimum Gasteiger partial charge on any atom is -0.454 e. The second kappa shape index (κ2) is 9.04. The van der Waals surface area contributed by atoms with Crippen molar-refractivity contribution in [1.29, 1.82) is 0 Å². The Balaban J connectivity index is 1.65. The topological polar surface area (TPSA) is 127 Å². The van der Waals surface area contributed by atoms with Gasteiger partial charge in [0.15, 0.2) is 11.2 Å². The fourth-order valence-electron chi connectivity index (χ4n) is 4.04. The maximum Gasteiger partial charge on any atom is 0.439 e. The molecule has 1 atom stereocenters. The molecule has 1 unspecified atom stereocenters. The average molecular weight is 508 g/mol. The van der Waals surface area contributed by atoms with Gasteiger partial charge in [-0.2, -0.15) is 4.39 Å². The number of benzene rings is 1. The molecule has 11 heteroatoms. The maximum absolute atomic E-state index is 13.8. The van der Waals surface area contributed by atoms with Crippen LogP contribution in [0.3, 0.4) is 0 Å². The van der Waals surface area contributed by atoms with Crippen LogP contribution >= 0.6 is 11.6 Å². The minimum absolute atomic E-state index is 0.105. The van der Waals surface area contributed by atoms with E-state index in [9.17, 15) is 14.0 Å². The van der Waals surface area contributed by atoms with Crippen LogP contribution in [-0.2, 0) is 0 Å². The van der Waals surface area contributed by atoms with Crippen LogP contribution in [0.2, 0.25) is 5.15 Å². The Morgan fingerprint density at radius 1 is 1.11 bits per heavy atom. The normalized spacial score (nSPS) is 12.1. The summed E-state index contributed by atoms with van der Waals surface area (Å²) < 4.78 is 24.6. The standard InChI is InChI=1S/C25H19ClFN5O4/c1-11-9-14(13(3)28-16-7-8-18(26)30-20(16)24-31-25(34)36-32-24)23-15(10-11)21(33)12(2)22(35-23)17-5-4-6-19(27)29-17/h4-10,13,28H,1-3H3,(H,31,32,34). The molecule has 0 saturated carbocycles. The zero-order valence-corrected chi connectivity index (χ0v) is 20.1. The highest BCUT2D eigenvalue weighted by Crippen LogP contribution is 2.33. The van der Waals surface area contributed by atoms with E-state index in [0.717, 1.165) is 5.56 Å². The molecule has 2 N–H and O–H groups in total. The fourth-order valence-corrected chi connectivity index (χ4v) is 4.19. The average Bonchev–Trinajstić information content (AvgIpc) is 3.28. The highest BCUT2D eigenvalue weighted by molar-refractivity contribution is 6.29. The van der Waals surface area contributed by atoms with E-state index >= 15 is 0 Å². The quantitative estimate of drug-likeness (QED) is 0.312. The van der Waals surface area contributed by atoms with Crippen LogP contribution in [0.15, 0.2) is 61.0 Å². The van der Waals surface area contributed by atoms with Gasteiger partial charge in [0, 0.05) is 11.1 Å². The van der Waals surface area contributed by atoms with Gasteiger partial charge in [-0.25, -0.2) is 14.8 Å². The van der Waals surface area contributed by atoms with Crippen molar-refractivity contribution in [2.45, 2.75) is 26.8 Å². The summed E-state index contributed by atoms with van der Waals surface area (Å²) in [5.74, 6) is -1.11. The number of H-pyrrole nitrogens is 1. The van der Waals surface area contributed by atoms with Crippen molar-refractivity contribution in [3.8, 4) is 23.0 Å². The number of nitrogens with zero attached hydrogens (tertiary/aromatic N) is 3. The van der Waals surface area contributed by atoms with Crippen molar-refractivity contribution in [3.63, 3.8) is 0 Å². The van der Waals surface area contributed by atoms with Crippen molar-refractivity contribution < 1.29 is 13.3 Å². The number of hydrogen-bond donors (Lipinski definition) is 2. The highest BCUT2D eigenvalue weighted by atomic mass is 35.5. The third-order valence-corrected chi connectivity index (χ3v) is 5.91. The molecule has 0 amide bonds. The zero-order chi connectivity index (χ0) is 25.6. The number of pyridine rings is 2. The minimum atomic E-state index is -0.730. The van der Waals surface area contributed by atoms with Crippen LogP contribution in [0.4, 0.5) is 10.1 Å². The lowest BCUT2D eigenvalue weighted by Crippen LogP contribution is -2.13. The second-order valence-corrected chi connectivity index (χ2v) is 8.69. The first-order chi connectivity index (χ1) is 17.2. The molecule has 0 spiro atoms. The molecule has 0 saturated heterocycles. The number of rotatable bonds is 5. The Morgan fingerprint density at radius 3 is 2.64 bits per heavy atom. The van der Waals surface area contributed by atoms with Gasteiger partial charge < -0.3 is 9.73 Å². The van der Waals surface area contributed by atoms with E-state index in [-0.39, 0.29) is 33.6 Å². The number of anilines is 1. The maximum atomic E-state index is 13.8. The number of halogens is 2. The van der Waals surface area contributed by atoms with E-state index in [2.05, 4.69) is 29.9 Å². The molecule has 1 aromatic carbocycles. The smallest absolute Gasteiger partial charge is 0.439 e. The fraction of sp³-hybridized carbons (Fsp3) is 0.160. The van der Waals surface area contributed by atoms with Crippen molar-refractivity contribution in [2.24, 2.45) is 0 Å². The van der Waals surface area contributed by atoms with Crippen molar-refractivity contribution in [3.05, 3.63) is 91.0 Å². The summed E-state index contributed by atoms with van der Waals surface area (Å²) in [4.78, 5) is 35.4. The van der Waals surface area contributed by atoms with Gasteiger partial charge in [0.2, 0.25) is 11.8 Å². The summed E-state index contributed by atoms with van der Waals surface area (Å²) in [7, 11) is 0.